The van der Waals surface area contributed by atoms with E-state index < -0.39 is 4.33 Å². The molecule has 0 bridgehead atoms. The lowest BCUT2D eigenvalue weighted by Gasteiger charge is -2.11. The average Bonchev–Trinajstić information content (AvgIpc) is 2.75. The summed E-state index contributed by atoms with van der Waals surface area (Å²) in [5.74, 6) is 0.987. The van der Waals surface area contributed by atoms with Crippen molar-refractivity contribution in [3.05, 3.63) is 29.8 Å². The summed E-state index contributed by atoms with van der Waals surface area (Å²) in [5.41, 5.74) is 1.18. The van der Waals surface area contributed by atoms with Crippen LogP contribution in [-0.2, 0) is 0 Å². The maximum Gasteiger partial charge on any atom is 0.122 e. The van der Waals surface area contributed by atoms with E-state index in [2.05, 4.69) is 6.92 Å². The largest absolute Gasteiger partial charge is 0.508 e. The summed E-state index contributed by atoms with van der Waals surface area (Å²) in [4.78, 5) is 0. The van der Waals surface area contributed by atoms with Crippen molar-refractivity contribution in [1.82, 2.24) is 0 Å². The van der Waals surface area contributed by atoms with Gasteiger partial charge in [0, 0.05) is 5.92 Å². The van der Waals surface area contributed by atoms with E-state index in [1.54, 1.807) is 12.1 Å². The van der Waals surface area contributed by atoms with Crippen molar-refractivity contribution < 1.29 is 5.11 Å². The smallest absolute Gasteiger partial charge is 0.122 e. The third-order valence-electron chi connectivity index (χ3n) is 2.90. The number of rotatable bonds is 2. The Balaban J connectivity index is 2.13. The average molecular weight is 231 g/mol. The Morgan fingerprint density at radius 3 is 2.29 bits per heavy atom. The van der Waals surface area contributed by atoms with Crippen LogP contribution in [0.4, 0.5) is 0 Å². The molecule has 1 aromatic carbocycles. The molecule has 2 rings (SSSR count). The monoisotopic (exact) mass is 230 g/mol. The van der Waals surface area contributed by atoms with Gasteiger partial charge in [-0.25, -0.2) is 0 Å². The van der Waals surface area contributed by atoms with Crippen molar-refractivity contribution in [2.24, 2.45) is 5.92 Å². The van der Waals surface area contributed by atoms with Crippen molar-refractivity contribution in [2.75, 3.05) is 0 Å². The molecule has 1 nitrogen and oxygen atoms in total. The Kier molecular flexibility index (Phi) is 2.40. The molecule has 1 aliphatic rings. The van der Waals surface area contributed by atoms with Crippen molar-refractivity contribution >= 4 is 23.2 Å². The zero-order valence-electron chi connectivity index (χ0n) is 7.87. The first kappa shape index (κ1) is 10.1. The van der Waals surface area contributed by atoms with Gasteiger partial charge in [-0.3, -0.25) is 0 Å². The molecule has 0 spiro atoms. The number of alkyl halides is 2. The fourth-order valence-electron chi connectivity index (χ4n) is 1.79. The second-order valence-corrected chi connectivity index (χ2v) is 5.49. The van der Waals surface area contributed by atoms with Crippen LogP contribution in [0.2, 0.25) is 0 Å². The first-order valence-electron chi connectivity index (χ1n) is 4.67. The van der Waals surface area contributed by atoms with E-state index in [1.807, 2.05) is 12.1 Å². The van der Waals surface area contributed by atoms with E-state index in [1.165, 1.54) is 5.56 Å². The molecular weight excluding hydrogens is 219 g/mol. The van der Waals surface area contributed by atoms with Crippen LogP contribution in [0, 0.1) is 5.92 Å². The molecule has 1 fully saturated rings. The maximum absolute atomic E-state index is 9.14. The van der Waals surface area contributed by atoms with Crippen LogP contribution in [0.5, 0.6) is 5.75 Å². The number of aromatic hydroxyl groups is 1. The Bertz CT molecular complexity index is 332. The van der Waals surface area contributed by atoms with Crippen LogP contribution in [0.3, 0.4) is 0 Å². The molecule has 1 aliphatic carbocycles. The van der Waals surface area contributed by atoms with Gasteiger partial charge < -0.3 is 5.11 Å². The first-order chi connectivity index (χ1) is 6.50. The molecule has 2 atom stereocenters. The molecule has 14 heavy (non-hydrogen) atoms. The molecule has 76 valence electrons. The zero-order valence-corrected chi connectivity index (χ0v) is 9.39. The normalized spacial score (nSPS) is 25.8. The lowest BCUT2D eigenvalue weighted by Crippen LogP contribution is -2.01. The topological polar surface area (TPSA) is 20.2 Å². The van der Waals surface area contributed by atoms with Crippen molar-refractivity contribution in [3.63, 3.8) is 0 Å². The number of phenols is 1. The summed E-state index contributed by atoms with van der Waals surface area (Å²) in [6, 6.07) is 7.22. The molecule has 3 heteroatoms. The predicted octanol–water partition coefficient (Wildman–Crippen LogP) is 3.69. The van der Waals surface area contributed by atoms with E-state index >= 15 is 0 Å². The number of halogens is 2. The lowest BCUT2D eigenvalue weighted by molar-refractivity contribution is 0.474. The van der Waals surface area contributed by atoms with Crippen LogP contribution in [0.1, 0.15) is 24.8 Å². The third-order valence-corrected chi connectivity index (χ3v) is 3.77. The minimum Gasteiger partial charge on any atom is -0.508 e. The minimum atomic E-state index is -0.530. The molecule has 0 saturated heterocycles. The fourth-order valence-corrected chi connectivity index (χ4v) is 2.50. The maximum atomic E-state index is 9.14. The van der Waals surface area contributed by atoms with Crippen LogP contribution in [-0.4, -0.2) is 9.44 Å². The minimum absolute atomic E-state index is 0.291. The summed E-state index contributed by atoms with van der Waals surface area (Å²) >= 11 is 12.0. The van der Waals surface area contributed by atoms with Gasteiger partial charge in [0.1, 0.15) is 10.1 Å². The van der Waals surface area contributed by atoms with Crippen LogP contribution < -0.4 is 0 Å². The van der Waals surface area contributed by atoms with Crippen LogP contribution in [0.25, 0.3) is 0 Å². The van der Waals surface area contributed by atoms with Gasteiger partial charge >= 0.3 is 0 Å². The summed E-state index contributed by atoms with van der Waals surface area (Å²) in [6.07, 6.45) is 0.859. The molecule has 2 unspecified atom stereocenters. The lowest BCUT2D eigenvalue weighted by atomic mass is 9.96. The summed E-state index contributed by atoms with van der Waals surface area (Å²) in [6.45, 7) is 2.11. The molecule has 0 aliphatic heterocycles. The standard InChI is InChI=1S/C11H12Cl2O/c1-7(10-6-11(10,12)13)8-2-4-9(14)5-3-8/h2-5,7,10,14H,6H2,1H3. The van der Waals surface area contributed by atoms with E-state index in [-0.39, 0.29) is 0 Å². The highest BCUT2D eigenvalue weighted by atomic mass is 35.5. The van der Waals surface area contributed by atoms with Gasteiger partial charge in [-0.05, 0) is 30.0 Å². The molecule has 0 radical (unpaired) electrons. The highest BCUT2D eigenvalue weighted by Crippen LogP contribution is 2.59. The van der Waals surface area contributed by atoms with Gasteiger partial charge in [0.15, 0.2) is 0 Å². The quantitative estimate of drug-likeness (QED) is 0.769. The molecule has 0 heterocycles. The van der Waals surface area contributed by atoms with E-state index in [9.17, 15) is 0 Å². The van der Waals surface area contributed by atoms with Crippen LogP contribution >= 0.6 is 23.2 Å². The highest BCUT2D eigenvalue weighted by Gasteiger charge is 2.54. The Morgan fingerprint density at radius 2 is 1.86 bits per heavy atom. The van der Waals surface area contributed by atoms with Gasteiger partial charge in [-0.1, -0.05) is 19.1 Å². The first-order valence-corrected chi connectivity index (χ1v) is 5.43. The Labute approximate surface area is 93.7 Å². The number of phenolic OH excluding ortho intramolecular Hbond substituents is 1. The Hall–Kier alpha value is -0.400. The zero-order chi connectivity index (χ0) is 10.3. The molecule has 1 saturated carbocycles. The number of hydrogen-bond acceptors (Lipinski definition) is 1. The summed E-state index contributed by atoms with van der Waals surface area (Å²) in [7, 11) is 0. The van der Waals surface area contributed by atoms with E-state index in [4.69, 9.17) is 28.3 Å². The SMILES string of the molecule is CC(c1ccc(O)cc1)C1CC1(Cl)Cl. The molecule has 1 aromatic rings. The molecule has 1 N–H and O–H groups in total. The molecular formula is C11H12Cl2O. The van der Waals surface area contributed by atoms with Crippen molar-refractivity contribution in [2.45, 2.75) is 23.6 Å². The second-order valence-electron chi connectivity index (χ2n) is 3.95. The van der Waals surface area contributed by atoms with Gasteiger partial charge in [-0.2, -0.15) is 0 Å². The van der Waals surface area contributed by atoms with E-state index in [0.717, 1.165) is 6.42 Å². The molecule has 0 amide bonds. The Morgan fingerprint density at radius 1 is 1.36 bits per heavy atom. The second kappa shape index (κ2) is 3.32. The molecule has 0 aromatic heterocycles. The highest BCUT2D eigenvalue weighted by molar-refractivity contribution is 6.50. The summed E-state index contributed by atoms with van der Waals surface area (Å²) < 4.78 is -0.530. The van der Waals surface area contributed by atoms with Crippen LogP contribution in [0.15, 0.2) is 24.3 Å². The van der Waals surface area contributed by atoms with Gasteiger partial charge in [0.05, 0.1) is 0 Å². The van der Waals surface area contributed by atoms with E-state index in [0.29, 0.717) is 17.6 Å². The fraction of sp³-hybridized carbons (Fsp3) is 0.455. The van der Waals surface area contributed by atoms with Gasteiger partial charge in [-0.15, -0.1) is 23.2 Å². The number of hydrogen-bond donors (Lipinski definition) is 1. The van der Waals surface area contributed by atoms with Crippen molar-refractivity contribution in [3.8, 4) is 5.75 Å². The van der Waals surface area contributed by atoms with Gasteiger partial charge in [0.2, 0.25) is 0 Å². The van der Waals surface area contributed by atoms with Crippen molar-refractivity contribution in [1.29, 1.82) is 0 Å². The third kappa shape index (κ3) is 1.84. The predicted molar refractivity (Wildman–Crippen MR) is 59.1 cm³/mol. The van der Waals surface area contributed by atoms with Gasteiger partial charge in [0.25, 0.3) is 0 Å². The summed E-state index contributed by atoms with van der Waals surface area (Å²) in [5, 5.41) is 9.14. The number of benzene rings is 1.